The van der Waals surface area contributed by atoms with Gasteiger partial charge in [0.25, 0.3) is 0 Å². The van der Waals surface area contributed by atoms with Crippen LogP contribution < -0.4 is 5.32 Å². The average Bonchev–Trinajstić information content (AvgIpc) is 3.28. The van der Waals surface area contributed by atoms with Crippen LogP contribution in [0.2, 0.25) is 0 Å². The lowest BCUT2D eigenvalue weighted by Crippen LogP contribution is -2.58. The molecule has 238 valence electrons. The number of ether oxygens (including phenoxy) is 1. The summed E-state index contributed by atoms with van der Waals surface area (Å²) in [6.45, 7) is 3.91. The zero-order valence-corrected chi connectivity index (χ0v) is 25.8. The molecule has 4 aliphatic rings. The summed E-state index contributed by atoms with van der Waals surface area (Å²) >= 11 is 0. The number of hydrogen-bond donors (Lipinski definition) is 3. The minimum absolute atomic E-state index is 0.00338. The van der Waals surface area contributed by atoms with Crippen LogP contribution in [0, 0.1) is 28.6 Å². The summed E-state index contributed by atoms with van der Waals surface area (Å²) in [5.74, 6) is -1.75. The predicted octanol–water partition coefficient (Wildman–Crippen LogP) is 4.52. The molecular weight excluding hydrogens is 562 g/mol. The van der Waals surface area contributed by atoms with E-state index in [0.717, 1.165) is 37.7 Å². The molecule has 0 radical (unpaired) electrons. The third-order valence-electron chi connectivity index (χ3n) is 11.7. The largest absolute Gasteiger partial charge is 0.481 e. The molecule has 9 heteroatoms. The van der Waals surface area contributed by atoms with E-state index in [1.54, 1.807) is 12.1 Å². The van der Waals surface area contributed by atoms with E-state index in [2.05, 4.69) is 12.2 Å². The summed E-state index contributed by atoms with van der Waals surface area (Å²) < 4.78 is 5.26. The number of hydrogen-bond acceptors (Lipinski definition) is 7. The maximum atomic E-state index is 13.5. The highest BCUT2D eigenvalue weighted by Gasteiger charge is 2.66. The second-order valence-corrected chi connectivity index (χ2v) is 13.9. The first-order chi connectivity index (χ1) is 20.9. The number of carboxylic acid groups (broad SMARTS) is 1. The normalized spacial score (nSPS) is 33.2. The summed E-state index contributed by atoms with van der Waals surface area (Å²) in [6, 6.07) is 9.06. The van der Waals surface area contributed by atoms with Gasteiger partial charge in [0.2, 0.25) is 11.7 Å². The van der Waals surface area contributed by atoms with Crippen molar-refractivity contribution in [3.63, 3.8) is 0 Å². The molecule has 3 N–H and O–H groups in total. The highest BCUT2D eigenvalue weighted by molar-refractivity contribution is 5.92. The van der Waals surface area contributed by atoms with Crippen LogP contribution in [-0.2, 0) is 28.7 Å². The fourth-order valence-electron chi connectivity index (χ4n) is 9.16. The van der Waals surface area contributed by atoms with Crippen LogP contribution in [0.15, 0.2) is 42.0 Å². The molecule has 0 spiro atoms. The Labute approximate surface area is 258 Å². The molecule has 0 aromatic heterocycles. The summed E-state index contributed by atoms with van der Waals surface area (Å²) in [4.78, 5) is 61.7. The van der Waals surface area contributed by atoms with Crippen LogP contribution in [-0.4, -0.2) is 58.4 Å². The summed E-state index contributed by atoms with van der Waals surface area (Å²) in [5, 5.41) is 23.8. The van der Waals surface area contributed by atoms with Crippen molar-refractivity contribution in [1.29, 1.82) is 0 Å². The van der Waals surface area contributed by atoms with E-state index >= 15 is 0 Å². The lowest BCUT2D eigenvalue weighted by Gasteiger charge is -2.58. The molecule has 7 atom stereocenters. The summed E-state index contributed by atoms with van der Waals surface area (Å²) in [7, 11) is 0. The van der Waals surface area contributed by atoms with Gasteiger partial charge in [0.1, 0.15) is 5.60 Å². The van der Waals surface area contributed by atoms with Crippen LogP contribution in [0.3, 0.4) is 0 Å². The number of allylic oxidation sites excluding steroid dienone is 1. The van der Waals surface area contributed by atoms with Gasteiger partial charge >= 0.3 is 11.9 Å². The van der Waals surface area contributed by atoms with Crippen molar-refractivity contribution in [3.05, 3.63) is 47.5 Å². The second-order valence-electron chi connectivity index (χ2n) is 13.9. The first-order valence-corrected chi connectivity index (χ1v) is 16.1. The number of benzene rings is 1. The van der Waals surface area contributed by atoms with E-state index in [9.17, 15) is 34.2 Å². The van der Waals surface area contributed by atoms with E-state index in [0.29, 0.717) is 31.1 Å². The Bertz CT molecular complexity index is 1340. The summed E-state index contributed by atoms with van der Waals surface area (Å²) in [6.07, 6.45) is 7.33. The molecule has 3 saturated carbocycles. The third-order valence-corrected chi connectivity index (χ3v) is 11.7. The van der Waals surface area contributed by atoms with Crippen molar-refractivity contribution < 1.29 is 38.9 Å². The first kappa shape index (κ1) is 32.1. The number of nitrogens with one attached hydrogen (secondary N) is 1. The Morgan fingerprint density at radius 2 is 1.70 bits per heavy atom. The molecule has 0 bridgehead atoms. The van der Waals surface area contributed by atoms with Crippen LogP contribution in [0.5, 0.6) is 0 Å². The van der Waals surface area contributed by atoms with Crippen LogP contribution in [0.25, 0.3) is 0 Å². The van der Waals surface area contributed by atoms with E-state index in [1.807, 2.05) is 31.2 Å². The maximum absolute atomic E-state index is 13.5. The van der Waals surface area contributed by atoms with E-state index in [1.165, 1.54) is 5.57 Å². The van der Waals surface area contributed by atoms with Gasteiger partial charge in [-0.05, 0) is 79.8 Å². The molecule has 1 aromatic carbocycles. The van der Waals surface area contributed by atoms with Crippen molar-refractivity contribution >= 4 is 29.4 Å². The number of aliphatic carboxylic acids is 1. The van der Waals surface area contributed by atoms with Crippen LogP contribution in [0.1, 0.15) is 96.0 Å². The van der Waals surface area contributed by atoms with Gasteiger partial charge in [0.15, 0.2) is 12.4 Å². The second kappa shape index (κ2) is 12.6. The Hall–Kier alpha value is -3.33. The lowest BCUT2D eigenvalue weighted by molar-refractivity contribution is -0.170. The number of rotatable bonds is 11. The molecule has 3 fully saturated rings. The quantitative estimate of drug-likeness (QED) is 0.311. The SMILES string of the molecule is C[C@]12CCC(=O)C=C1CCC1C2CC[C@@]2(C)C1CC[C@]2(O)C(=O)COC(=O)CCC(=O)NCC(CC(=O)O)c1ccccc1. The number of amides is 1. The Balaban J connectivity index is 1.12. The number of fused-ring (bicyclic) bond motifs is 5. The molecule has 9 nitrogen and oxygen atoms in total. The monoisotopic (exact) mass is 607 g/mol. The molecule has 1 aromatic rings. The number of aliphatic hydroxyl groups is 1. The first-order valence-electron chi connectivity index (χ1n) is 16.1. The Kier molecular flexibility index (Phi) is 9.17. The smallest absolute Gasteiger partial charge is 0.306 e. The van der Waals surface area contributed by atoms with Crippen molar-refractivity contribution in [2.75, 3.05) is 13.2 Å². The molecule has 0 aliphatic heterocycles. The summed E-state index contributed by atoms with van der Waals surface area (Å²) in [5.41, 5.74) is -0.100. The van der Waals surface area contributed by atoms with Gasteiger partial charge in [0.05, 0.1) is 12.8 Å². The zero-order valence-electron chi connectivity index (χ0n) is 25.8. The highest BCUT2D eigenvalue weighted by atomic mass is 16.5. The number of carbonyl (C=O) groups excluding carboxylic acids is 4. The number of Topliss-reactive ketones (excluding diaryl/α,β-unsaturated/α-hetero) is 1. The molecule has 0 heterocycles. The van der Waals surface area contributed by atoms with Crippen LogP contribution >= 0.6 is 0 Å². The Morgan fingerprint density at radius 3 is 2.43 bits per heavy atom. The van der Waals surface area contributed by atoms with Gasteiger partial charge in [-0.15, -0.1) is 0 Å². The van der Waals surface area contributed by atoms with Crippen molar-refractivity contribution in [3.8, 4) is 0 Å². The predicted molar refractivity (Wildman–Crippen MR) is 161 cm³/mol. The van der Waals surface area contributed by atoms with Gasteiger partial charge in [-0.2, -0.15) is 0 Å². The maximum Gasteiger partial charge on any atom is 0.306 e. The van der Waals surface area contributed by atoms with E-state index in [4.69, 9.17) is 4.74 Å². The fourth-order valence-corrected chi connectivity index (χ4v) is 9.16. The van der Waals surface area contributed by atoms with Gasteiger partial charge in [-0.3, -0.25) is 24.0 Å². The molecule has 4 unspecified atom stereocenters. The van der Waals surface area contributed by atoms with Crippen molar-refractivity contribution in [2.45, 2.75) is 96.0 Å². The van der Waals surface area contributed by atoms with Gasteiger partial charge in [-0.25, -0.2) is 0 Å². The van der Waals surface area contributed by atoms with Crippen molar-refractivity contribution in [1.82, 2.24) is 5.32 Å². The van der Waals surface area contributed by atoms with Crippen LogP contribution in [0.4, 0.5) is 0 Å². The van der Waals surface area contributed by atoms with Gasteiger partial charge in [-0.1, -0.05) is 49.8 Å². The van der Waals surface area contributed by atoms with E-state index in [-0.39, 0.29) is 42.9 Å². The van der Waals surface area contributed by atoms with Gasteiger partial charge < -0.3 is 20.3 Å². The highest BCUT2D eigenvalue weighted by Crippen LogP contribution is 2.67. The number of carbonyl (C=O) groups is 5. The Morgan fingerprint density at radius 1 is 0.977 bits per heavy atom. The molecule has 5 rings (SSSR count). The van der Waals surface area contributed by atoms with Crippen molar-refractivity contribution in [2.24, 2.45) is 28.6 Å². The van der Waals surface area contributed by atoms with E-state index < -0.39 is 47.2 Å². The minimum atomic E-state index is -1.57. The molecule has 0 saturated heterocycles. The standard InChI is InChI=1S/C35H45NO8/c1-33-15-12-25(37)19-24(33)8-9-26-27(33)13-16-34(2)28(26)14-17-35(34,43)29(38)21-44-32(42)11-10-30(39)36-20-23(18-31(40)41)22-6-4-3-5-7-22/h3-7,19,23,26-28,43H,8-18,20-21H2,1-2H3,(H,36,39)(H,40,41)/t23?,26?,27?,28?,33-,34-,35-/m0/s1. The number of esters is 1. The topological polar surface area (TPSA) is 147 Å². The zero-order chi connectivity index (χ0) is 31.7. The minimum Gasteiger partial charge on any atom is -0.481 e. The number of ketones is 2. The lowest BCUT2D eigenvalue weighted by atomic mass is 9.46. The average molecular weight is 608 g/mol. The number of carboxylic acids is 1. The molecule has 44 heavy (non-hydrogen) atoms. The molecule has 4 aliphatic carbocycles. The third kappa shape index (κ3) is 6.00. The fraction of sp³-hybridized carbons (Fsp3) is 0.629. The van der Waals surface area contributed by atoms with Gasteiger partial charge in [0, 0.05) is 30.7 Å². The molecule has 1 amide bonds. The molecular formula is C35H45NO8.